The van der Waals surface area contributed by atoms with Gasteiger partial charge in [-0.25, -0.2) is 9.37 Å². The lowest BCUT2D eigenvalue weighted by molar-refractivity contribution is 0.501. The highest BCUT2D eigenvalue weighted by molar-refractivity contribution is 6.17. The van der Waals surface area contributed by atoms with Crippen LogP contribution in [0.5, 0.6) is 0 Å². The summed E-state index contributed by atoms with van der Waals surface area (Å²) in [5.41, 5.74) is 0.772. The molecule has 0 aliphatic carbocycles. The lowest BCUT2D eigenvalue weighted by Crippen LogP contribution is -2.38. The Morgan fingerprint density at radius 2 is 1.95 bits per heavy atom. The number of nitrogens with zero attached hydrogens (tertiary/aromatic N) is 2. The topological polar surface area (TPSA) is 16.1 Å². The predicted molar refractivity (Wildman–Crippen MR) is 80.3 cm³/mol. The molecule has 0 saturated carbocycles. The minimum absolute atomic E-state index is 0.287. The first-order valence-electron chi connectivity index (χ1n) is 7.00. The van der Waals surface area contributed by atoms with Crippen molar-refractivity contribution in [2.24, 2.45) is 5.92 Å². The van der Waals surface area contributed by atoms with Gasteiger partial charge in [-0.3, -0.25) is 0 Å². The van der Waals surface area contributed by atoms with Gasteiger partial charge in [0, 0.05) is 18.2 Å². The second kappa shape index (κ2) is 7.68. The van der Waals surface area contributed by atoms with Crippen LogP contribution >= 0.6 is 11.6 Å². The van der Waals surface area contributed by atoms with Crippen molar-refractivity contribution >= 4 is 17.4 Å². The summed E-state index contributed by atoms with van der Waals surface area (Å²) < 4.78 is 13.3. The van der Waals surface area contributed by atoms with E-state index in [1.54, 1.807) is 0 Å². The molecule has 0 spiro atoms. The van der Waals surface area contributed by atoms with E-state index in [-0.39, 0.29) is 11.7 Å². The maximum atomic E-state index is 13.3. The SMILES string of the molecule is CCC(CC)N(CC(C)C)c1ncc(F)cc1CCl. The van der Waals surface area contributed by atoms with Gasteiger partial charge in [0.05, 0.1) is 12.1 Å². The van der Waals surface area contributed by atoms with Crippen LogP contribution in [0.1, 0.15) is 46.1 Å². The van der Waals surface area contributed by atoms with Crippen molar-refractivity contribution in [3.8, 4) is 0 Å². The molecule has 1 rings (SSSR count). The average molecular weight is 287 g/mol. The molecule has 0 radical (unpaired) electrons. The third-order valence-electron chi connectivity index (χ3n) is 3.27. The summed E-state index contributed by atoms with van der Waals surface area (Å²) in [6.45, 7) is 9.62. The van der Waals surface area contributed by atoms with Gasteiger partial charge in [0.25, 0.3) is 0 Å². The number of halogens is 2. The molecule has 0 aliphatic heterocycles. The Hall–Kier alpha value is -0.830. The van der Waals surface area contributed by atoms with Gasteiger partial charge in [0.1, 0.15) is 11.6 Å². The monoisotopic (exact) mass is 286 g/mol. The standard InChI is InChI=1S/C15H24ClFN2/c1-5-14(6-2)19(10-11(3)4)15-12(8-16)7-13(17)9-18-15/h7,9,11,14H,5-6,8,10H2,1-4H3. The predicted octanol–water partition coefficient (Wildman–Crippen LogP) is 4.61. The lowest BCUT2D eigenvalue weighted by Gasteiger charge is -2.34. The van der Waals surface area contributed by atoms with Gasteiger partial charge >= 0.3 is 0 Å². The normalized spacial score (nSPS) is 11.4. The number of hydrogen-bond donors (Lipinski definition) is 0. The van der Waals surface area contributed by atoms with Crippen LogP contribution in [0.25, 0.3) is 0 Å². The summed E-state index contributed by atoms with van der Waals surface area (Å²) in [4.78, 5) is 6.57. The third-order valence-corrected chi connectivity index (χ3v) is 3.56. The minimum Gasteiger partial charge on any atom is -0.353 e. The van der Waals surface area contributed by atoms with E-state index in [4.69, 9.17) is 11.6 Å². The quantitative estimate of drug-likeness (QED) is 0.681. The number of aromatic nitrogens is 1. The van der Waals surface area contributed by atoms with Crippen LogP contribution in [-0.4, -0.2) is 17.6 Å². The summed E-state index contributed by atoms with van der Waals surface area (Å²) in [6.07, 6.45) is 3.37. The number of hydrogen-bond acceptors (Lipinski definition) is 2. The summed E-state index contributed by atoms with van der Waals surface area (Å²) >= 11 is 5.94. The first-order chi connectivity index (χ1) is 9.03. The van der Waals surface area contributed by atoms with E-state index in [0.29, 0.717) is 12.0 Å². The summed E-state index contributed by atoms with van der Waals surface area (Å²) in [5, 5.41) is 0. The third kappa shape index (κ3) is 4.34. The highest BCUT2D eigenvalue weighted by Gasteiger charge is 2.21. The van der Waals surface area contributed by atoms with E-state index in [1.807, 2.05) is 0 Å². The van der Waals surface area contributed by atoms with Crippen LogP contribution in [0.2, 0.25) is 0 Å². The van der Waals surface area contributed by atoms with Crippen LogP contribution < -0.4 is 4.90 Å². The molecule has 0 aliphatic rings. The Balaban J connectivity index is 3.15. The van der Waals surface area contributed by atoms with Crippen LogP contribution in [0.3, 0.4) is 0 Å². The Labute approximate surface area is 121 Å². The van der Waals surface area contributed by atoms with E-state index < -0.39 is 0 Å². The molecule has 19 heavy (non-hydrogen) atoms. The second-order valence-electron chi connectivity index (χ2n) is 5.29. The van der Waals surface area contributed by atoms with Gasteiger partial charge in [-0.1, -0.05) is 27.7 Å². The molecule has 1 aromatic heterocycles. The van der Waals surface area contributed by atoms with E-state index in [9.17, 15) is 4.39 Å². The molecule has 0 bridgehead atoms. The maximum Gasteiger partial charge on any atom is 0.141 e. The zero-order valence-electron chi connectivity index (χ0n) is 12.3. The van der Waals surface area contributed by atoms with Gasteiger partial charge in [0.2, 0.25) is 0 Å². The highest BCUT2D eigenvalue weighted by atomic mass is 35.5. The van der Waals surface area contributed by atoms with Crippen molar-refractivity contribution in [1.82, 2.24) is 4.98 Å². The summed E-state index contributed by atoms with van der Waals surface area (Å²) in [6, 6.07) is 1.91. The number of alkyl halides is 1. The molecule has 1 aromatic rings. The Bertz CT molecular complexity index is 392. The second-order valence-corrected chi connectivity index (χ2v) is 5.55. The fraction of sp³-hybridized carbons (Fsp3) is 0.667. The van der Waals surface area contributed by atoms with Crippen LogP contribution in [-0.2, 0) is 5.88 Å². The van der Waals surface area contributed by atoms with E-state index in [0.717, 1.165) is 30.8 Å². The molecular formula is C15H24ClFN2. The van der Waals surface area contributed by atoms with Crippen LogP contribution in [0.4, 0.5) is 10.2 Å². The first-order valence-corrected chi connectivity index (χ1v) is 7.53. The minimum atomic E-state index is -0.326. The van der Waals surface area contributed by atoms with Crippen LogP contribution in [0, 0.1) is 11.7 Å². The maximum absolute atomic E-state index is 13.3. The average Bonchev–Trinajstić information content (AvgIpc) is 2.38. The Morgan fingerprint density at radius 1 is 1.32 bits per heavy atom. The first kappa shape index (κ1) is 16.2. The summed E-state index contributed by atoms with van der Waals surface area (Å²) in [5.74, 6) is 1.32. The molecule has 0 saturated heterocycles. The van der Waals surface area contributed by atoms with E-state index in [1.165, 1.54) is 12.3 Å². The fourth-order valence-electron chi connectivity index (χ4n) is 2.36. The largest absolute Gasteiger partial charge is 0.353 e. The molecule has 0 fully saturated rings. The van der Waals surface area contributed by atoms with Crippen molar-refractivity contribution < 1.29 is 4.39 Å². The van der Waals surface area contributed by atoms with Gasteiger partial charge in [-0.2, -0.15) is 0 Å². The smallest absolute Gasteiger partial charge is 0.141 e. The Morgan fingerprint density at radius 3 is 2.42 bits per heavy atom. The number of rotatable bonds is 7. The van der Waals surface area contributed by atoms with Crippen molar-refractivity contribution in [3.05, 3.63) is 23.6 Å². The van der Waals surface area contributed by atoms with Gasteiger partial charge < -0.3 is 4.90 Å². The fourth-order valence-corrected chi connectivity index (χ4v) is 2.56. The molecule has 1 heterocycles. The van der Waals surface area contributed by atoms with Gasteiger partial charge in [-0.15, -0.1) is 11.6 Å². The zero-order valence-corrected chi connectivity index (χ0v) is 13.0. The van der Waals surface area contributed by atoms with E-state index >= 15 is 0 Å². The lowest BCUT2D eigenvalue weighted by atomic mass is 10.1. The van der Waals surface area contributed by atoms with Crippen molar-refractivity contribution in [2.45, 2.75) is 52.5 Å². The van der Waals surface area contributed by atoms with Gasteiger partial charge in [0.15, 0.2) is 0 Å². The van der Waals surface area contributed by atoms with Gasteiger partial charge in [-0.05, 0) is 24.8 Å². The van der Waals surface area contributed by atoms with E-state index in [2.05, 4.69) is 37.6 Å². The molecular weight excluding hydrogens is 263 g/mol. The van der Waals surface area contributed by atoms with Crippen molar-refractivity contribution in [3.63, 3.8) is 0 Å². The molecule has 0 amide bonds. The molecule has 0 N–H and O–H groups in total. The number of pyridine rings is 1. The molecule has 4 heteroatoms. The molecule has 0 aromatic carbocycles. The Kier molecular flexibility index (Phi) is 6.56. The number of anilines is 1. The molecule has 0 atom stereocenters. The molecule has 0 unspecified atom stereocenters. The van der Waals surface area contributed by atoms with Crippen LogP contribution in [0.15, 0.2) is 12.3 Å². The molecule has 108 valence electrons. The zero-order chi connectivity index (χ0) is 14.4. The molecule has 2 nitrogen and oxygen atoms in total. The summed E-state index contributed by atoms with van der Waals surface area (Å²) in [7, 11) is 0. The highest BCUT2D eigenvalue weighted by Crippen LogP contribution is 2.25. The van der Waals surface area contributed by atoms with Crippen molar-refractivity contribution in [2.75, 3.05) is 11.4 Å². The van der Waals surface area contributed by atoms with Crippen molar-refractivity contribution in [1.29, 1.82) is 0 Å².